The van der Waals surface area contributed by atoms with Gasteiger partial charge in [-0.05, 0) is 24.1 Å². The first-order valence-electron chi connectivity index (χ1n) is 6.87. The molecule has 1 unspecified atom stereocenters. The average molecular weight is 341 g/mol. The van der Waals surface area contributed by atoms with Gasteiger partial charge in [0, 0.05) is 21.7 Å². The normalized spacial score (nSPS) is 19.3. The lowest BCUT2D eigenvalue weighted by molar-refractivity contribution is -0.262. The molecule has 0 amide bonds. The number of rotatable bonds is 3. The number of carbonyl (C=O) groups excluding carboxylic acids is 1. The van der Waals surface area contributed by atoms with Crippen LogP contribution in [-0.2, 0) is 15.1 Å². The minimum Gasteiger partial charge on any atom is -0.349 e. The molecule has 120 valence electrons. The molecule has 0 bridgehead atoms. The highest BCUT2D eigenvalue weighted by molar-refractivity contribution is 6.34. The summed E-state index contributed by atoms with van der Waals surface area (Å²) in [4.78, 5) is 10.7. The zero-order valence-corrected chi connectivity index (χ0v) is 12.8. The van der Waals surface area contributed by atoms with E-state index in [2.05, 4.69) is 0 Å². The van der Waals surface area contributed by atoms with Gasteiger partial charge in [0.2, 0.25) is 5.60 Å². The molecule has 0 spiro atoms. The van der Waals surface area contributed by atoms with Gasteiger partial charge in [-0.15, -0.1) is 0 Å². The van der Waals surface area contributed by atoms with E-state index in [1.54, 1.807) is 25.1 Å². The van der Waals surface area contributed by atoms with E-state index < -0.39 is 18.4 Å². The van der Waals surface area contributed by atoms with E-state index in [1.165, 1.54) is 18.2 Å². The first kappa shape index (κ1) is 16.0. The highest BCUT2D eigenvalue weighted by Gasteiger charge is 2.63. The molecule has 0 saturated heterocycles. The van der Waals surface area contributed by atoms with Crippen LogP contribution in [0.1, 0.15) is 16.7 Å². The minimum atomic E-state index is -4.74. The average Bonchev–Trinajstić information content (AvgIpc) is 2.75. The van der Waals surface area contributed by atoms with Crippen molar-refractivity contribution in [2.24, 2.45) is 0 Å². The van der Waals surface area contributed by atoms with Gasteiger partial charge in [-0.1, -0.05) is 41.9 Å². The van der Waals surface area contributed by atoms with Crippen LogP contribution in [0.25, 0.3) is 11.1 Å². The molecule has 0 N–H and O–H groups in total. The molecule has 0 aromatic heterocycles. The maximum absolute atomic E-state index is 14.1. The molecule has 2 aromatic rings. The molecule has 0 saturated carbocycles. The molecule has 0 heterocycles. The van der Waals surface area contributed by atoms with E-state index >= 15 is 0 Å². The van der Waals surface area contributed by atoms with E-state index in [9.17, 15) is 18.0 Å². The molecule has 2 nitrogen and oxygen atoms in total. The van der Waals surface area contributed by atoms with E-state index in [1.807, 2.05) is 0 Å². The Labute approximate surface area is 135 Å². The SMILES string of the molecule is Cc1cc(Cl)c2c(c1)C(OCC=O)(C(F)(F)F)c1ccccc1-2. The Kier molecular flexibility index (Phi) is 3.73. The Bertz CT molecular complexity index is 786. The number of benzene rings is 2. The molecule has 3 rings (SSSR count). The predicted octanol–water partition coefficient (Wildman–Crippen LogP) is 4.65. The number of hydrogen-bond donors (Lipinski definition) is 0. The number of ether oxygens (including phenoxy) is 1. The number of halogens is 4. The molecular weight excluding hydrogens is 329 g/mol. The summed E-state index contributed by atoms with van der Waals surface area (Å²) in [6.45, 7) is 0.995. The molecule has 23 heavy (non-hydrogen) atoms. The van der Waals surface area contributed by atoms with Crippen LogP contribution < -0.4 is 0 Å². The Balaban J connectivity index is 2.43. The number of aryl methyl sites for hydroxylation is 1. The van der Waals surface area contributed by atoms with Crippen molar-refractivity contribution in [3.05, 3.63) is 58.1 Å². The second-order valence-corrected chi connectivity index (χ2v) is 5.78. The summed E-state index contributed by atoms with van der Waals surface area (Å²) in [6.07, 6.45) is -4.43. The van der Waals surface area contributed by atoms with Gasteiger partial charge >= 0.3 is 6.18 Å². The Morgan fingerprint density at radius 2 is 1.91 bits per heavy atom. The summed E-state index contributed by atoms with van der Waals surface area (Å²) >= 11 is 6.22. The maximum atomic E-state index is 14.1. The van der Waals surface area contributed by atoms with Gasteiger partial charge in [0.15, 0.2) is 0 Å². The Hall–Kier alpha value is -1.85. The number of hydrogen-bond acceptors (Lipinski definition) is 2. The second kappa shape index (κ2) is 5.35. The van der Waals surface area contributed by atoms with Gasteiger partial charge in [0.05, 0.1) is 0 Å². The lowest BCUT2D eigenvalue weighted by Gasteiger charge is -2.33. The van der Waals surface area contributed by atoms with Gasteiger partial charge < -0.3 is 9.53 Å². The fourth-order valence-corrected chi connectivity index (χ4v) is 3.52. The zero-order valence-electron chi connectivity index (χ0n) is 12.1. The first-order chi connectivity index (χ1) is 10.8. The lowest BCUT2D eigenvalue weighted by Crippen LogP contribution is -2.45. The number of aldehydes is 1. The lowest BCUT2D eigenvalue weighted by atomic mass is 9.89. The topological polar surface area (TPSA) is 26.3 Å². The van der Waals surface area contributed by atoms with Crippen molar-refractivity contribution < 1.29 is 22.7 Å². The molecule has 0 aliphatic heterocycles. The highest BCUT2D eigenvalue weighted by atomic mass is 35.5. The number of fused-ring (bicyclic) bond motifs is 3. The van der Waals surface area contributed by atoms with Crippen LogP contribution in [0.2, 0.25) is 5.02 Å². The Morgan fingerprint density at radius 3 is 2.57 bits per heavy atom. The molecule has 1 aliphatic rings. The quantitative estimate of drug-likeness (QED) is 0.760. The van der Waals surface area contributed by atoms with E-state index in [0.29, 0.717) is 23.0 Å². The highest BCUT2D eigenvalue weighted by Crippen LogP contribution is 2.58. The van der Waals surface area contributed by atoms with Gasteiger partial charge in [0.1, 0.15) is 12.9 Å². The monoisotopic (exact) mass is 340 g/mol. The third kappa shape index (κ3) is 2.18. The van der Waals surface area contributed by atoms with Gasteiger partial charge in [-0.25, -0.2) is 0 Å². The molecular formula is C17H12ClF3O2. The smallest absolute Gasteiger partial charge is 0.349 e. The summed E-state index contributed by atoms with van der Waals surface area (Å²) in [7, 11) is 0. The van der Waals surface area contributed by atoms with Crippen LogP contribution in [0.4, 0.5) is 13.2 Å². The van der Waals surface area contributed by atoms with E-state index in [4.69, 9.17) is 16.3 Å². The van der Waals surface area contributed by atoms with Crippen LogP contribution in [0.5, 0.6) is 0 Å². The van der Waals surface area contributed by atoms with Gasteiger partial charge in [0.25, 0.3) is 0 Å². The fourth-order valence-electron chi connectivity index (χ4n) is 3.15. The Morgan fingerprint density at radius 1 is 1.22 bits per heavy atom. The first-order valence-corrected chi connectivity index (χ1v) is 7.25. The van der Waals surface area contributed by atoms with Crippen molar-refractivity contribution in [2.45, 2.75) is 18.7 Å². The molecule has 6 heteroatoms. The van der Waals surface area contributed by atoms with Crippen molar-refractivity contribution in [3.8, 4) is 11.1 Å². The third-order valence-corrected chi connectivity index (χ3v) is 4.25. The molecule has 2 aromatic carbocycles. The fraction of sp³-hybridized carbons (Fsp3) is 0.235. The van der Waals surface area contributed by atoms with Gasteiger partial charge in [-0.2, -0.15) is 13.2 Å². The van der Waals surface area contributed by atoms with Crippen LogP contribution in [0, 0.1) is 6.92 Å². The van der Waals surface area contributed by atoms with Crippen LogP contribution >= 0.6 is 11.6 Å². The van der Waals surface area contributed by atoms with Crippen molar-refractivity contribution in [1.82, 2.24) is 0 Å². The molecule has 0 radical (unpaired) electrons. The van der Waals surface area contributed by atoms with Crippen molar-refractivity contribution in [1.29, 1.82) is 0 Å². The van der Waals surface area contributed by atoms with Crippen molar-refractivity contribution in [3.63, 3.8) is 0 Å². The summed E-state index contributed by atoms with van der Waals surface area (Å²) in [5.41, 5.74) is -1.54. The summed E-state index contributed by atoms with van der Waals surface area (Å²) in [6, 6.07) is 9.12. The summed E-state index contributed by atoms with van der Waals surface area (Å²) < 4.78 is 47.3. The van der Waals surface area contributed by atoms with E-state index in [0.717, 1.165) is 0 Å². The van der Waals surface area contributed by atoms with Crippen molar-refractivity contribution >= 4 is 17.9 Å². The van der Waals surface area contributed by atoms with Crippen LogP contribution in [0.15, 0.2) is 36.4 Å². The van der Waals surface area contributed by atoms with Crippen LogP contribution in [-0.4, -0.2) is 19.1 Å². The van der Waals surface area contributed by atoms with Crippen LogP contribution in [0.3, 0.4) is 0 Å². The predicted molar refractivity (Wildman–Crippen MR) is 80.5 cm³/mol. The third-order valence-electron chi connectivity index (χ3n) is 3.96. The number of alkyl halides is 3. The molecule has 0 fully saturated rings. The molecule has 1 atom stereocenters. The molecule has 1 aliphatic carbocycles. The van der Waals surface area contributed by atoms with E-state index in [-0.39, 0.29) is 16.1 Å². The maximum Gasteiger partial charge on any atom is 0.426 e. The standard InChI is InChI=1S/C17H12ClF3O2/c1-10-8-13-15(14(18)9-10)11-4-2-3-5-12(11)16(13,17(19,20)21)23-7-6-22/h2-6,8-9H,7H2,1H3. The zero-order chi connectivity index (χ0) is 16.8. The largest absolute Gasteiger partial charge is 0.426 e. The number of carbonyl (C=O) groups is 1. The van der Waals surface area contributed by atoms with Crippen molar-refractivity contribution in [2.75, 3.05) is 6.61 Å². The van der Waals surface area contributed by atoms with Gasteiger partial charge in [-0.3, -0.25) is 0 Å². The summed E-state index contributed by atoms with van der Waals surface area (Å²) in [5.74, 6) is 0. The summed E-state index contributed by atoms with van der Waals surface area (Å²) in [5, 5.41) is 0.230. The minimum absolute atomic E-state index is 0.0446. The second-order valence-electron chi connectivity index (χ2n) is 5.37.